The number of nitrogens with one attached hydrogen (secondary N) is 2. The van der Waals surface area contributed by atoms with E-state index < -0.39 is 7.42 Å². The van der Waals surface area contributed by atoms with Gasteiger partial charge in [0.2, 0.25) is 0 Å². The maximum absolute atomic E-state index is 5.49. The Balaban J connectivity index is 1.41. The fraction of sp³-hybridized carbons (Fsp3) is 0.208. The van der Waals surface area contributed by atoms with Crippen LogP contribution < -0.4 is 20.0 Å². The lowest BCUT2D eigenvalue weighted by molar-refractivity contribution is 0.866. The van der Waals surface area contributed by atoms with Crippen molar-refractivity contribution in [1.82, 2.24) is 5.32 Å². The van der Waals surface area contributed by atoms with Crippen molar-refractivity contribution in [3.63, 3.8) is 0 Å². The zero-order chi connectivity index (χ0) is 21.5. The molecule has 0 radical (unpaired) electrons. The highest BCUT2D eigenvalue weighted by Crippen LogP contribution is 2.63. The molecule has 1 heterocycles. The van der Waals surface area contributed by atoms with Gasteiger partial charge in [-0.1, -0.05) is 72.9 Å². The first-order chi connectivity index (χ1) is 15.2. The zero-order valence-electron chi connectivity index (χ0n) is 17.5. The Bertz CT molecular complexity index is 912. The van der Waals surface area contributed by atoms with Gasteiger partial charge in [0, 0.05) is 41.9 Å². The second kappa shape index (κ2) is 10.9. The van der Waals surface area contributed by atoms with E-state index in [-0.39, 0.29) is 0 Å². The second-order valence-corrected chi connectivity index (χ2v) is 11.8. The zero-order valence-corrected chi connectivity index (χ0v) is 20.0. The summed E-state index contributed by atoms with van der Waals surface area (Å²) in [7, 11) is -0.563. The standard InChI is InChI=1S/C24H27N4PS2/c1-20(19-25-24(30)26-21-11-5-2-6-12-21)31-29-27(22-13-7-3-8-14-22)17-18-28(29)23-15-9-4-10-16-23/h2-16,20H,17-19H2,1H3,(H2,25,26,30)/t20-/m1/s1. The molecule has 7 heteroatoms. The number of anilines is 3. The van der Waals surface area contributed by atoms with Crippen LogP contribution in [0.2, 0.25) is 0 Å². The normalized spacial score (nSPS) is 15.0. The number of benzene rings is 3. The molecule has 0 amide bonds. The van der Waals surface area contributed by atoms with Gasteiger partial charge in [-0.05, 0) is 48.6 Å². The van der Waals surface area contributed by atoms with Gasteiger partial charge in [-0.2, -0.15) is 0 Å². The Kier molecular flexibility index (Phi) is 7.68. The summed E-state index contributed by atoms with van der Waals surface area (Å²) in [6, 6.07) is 31.5. The number of nitrogens with zero attached hydrogens (tertiary/aromatic N) is 2. The number of rotatable bonds is 7. The molecule has 3 aromatic rings. The number of hydrogen-bond donors (Lipinski definition) is 2. The molecule has 4 rings (SSSR count). The molecular formula is C24H27N4PS2. The summed E-state index contributed by atoms with van der Waals surface area (Å²) in [6.07, 6.45) is 0. The van der Waals surface area contributed by atoms with Gasteiger partial charge >= 0.3 is 0 Å². The molecule has 4 nitrogen and oxygen atoms in total. The van der Waals surface area contributed by atoms with Gasteiger partial charge in [0.25, 0.3) is 0 Å². The van der Waals surface area contributed by atoms with Crippen molar-refractivity contribution in [3.8, 4) is 0 Å². The molecule has 1 aliphatic heterocycles. The Morgan fingerprint density at radius 3 is 1.87 bits per heavy atom. The summed E-state index contributed by atoms with van der Waals surface area (Å²) in [5.41, 5.74) is 3.59. The Hall–Kier alpha value is -2.27. The molecule has 0 saturated carbocycles. The SMILES string of the molecule is C[C@H](CNC(=S)Nc1ccccc1)SP1N(c2ccccc2)CCN1c1ccccc1. The molecule has 160 valence electrons. The molecule has 31 heavy (non-hydrogen) atoms. The Labute approximate surface area is 195 Å². The van der Waals surface area contributed by atoms with Crippen LogP contribution in [0, 0.1) is 0 Å². The number of thiocarbonyl (C=S) groups is 1. The van der Waals surface area contributed by atoms with Gasteiger partial charge in [0.05, 0.1) is 0 Å². The van der Waals surface area contributed by atoms with Gasteiger partial charge in [0.15, 0.2) is 12.5 Å². The van der Waals surface area contributed by atoms with Crippen LogP contribution >= 0.6 is 31.0 Å². The summed E-state index contributed by atoms with van der Waals surface area (Å²) < 4.78 is 5.12. The molecule has 2 N–H and O–H groups in total. The first-order valence-electron chi connectivity index (χ1n) is 10.4. The fourth-order valence-electron chi connectivity index (χ4n) is 3.39. The monoisotopic (exact) mass is 466 g/mol. The van der Waals surface area contributed by atoms with Crippen LogP contribution in [0.3, 0.4) is 0 Å². The molecule has 1 fully saturated rings. The highest BCUT2D eigenvalue weighted by Gasteiger charge is 2.35. The van der Waals surface area contributed by atoms with Crippen LogP contribution in [0.15, 0.2) is 91.0 Å². The van der Waals surface area contributed by atoms with E-state index in [1.54, 1.807) is 0 Å². The van der Waals surface area contributed by atoms with E-state index in [9.17, 15) is 0 Å². The number of hydrogen-bond acceptors (Lipinski definition) is 4. The summed E-state index contributed by atoms with van der Waals surface area (Å²) in [5.74, 6) is 0. The molecule has 3 aromatic carbocycles. The van der Waals surface area contributed by atoms with E-state index in [0.29, 0.717) is 10.4 Å². The van der Waals surface area contributed by atoms with Crippen molar-refractivity contribution in [2.24, 2.45) is 0 Å². The summed E-state index contributed by atoms with van der Waals surface area (Å²) in [5, 5.41) is 7.71. The lowest BCUT2D eigenvalue weighted by atomic mass is 10.3. The van der Waals surface area contributed by atoms with Crippen LogP contribution in [0.1, 0.15) is 6.92 Å². The topological polar surface area (TPSA) is 30.5 Å². The van der Waals surface area contributed by atoms with Crippen LogP contribution in [-0.2, 0) is 0 Å². The fourth-order valence-corrected chi connectivity index (χ4v) is 8.67. The highest BCUT2D eigenvalue weighted by atomic mass is 32.7. The average Bonchev–Trinajstić information content (AvgIpc) is 3.23. The minimum atomic E-state index is -0.563. The minimum Gasteiger partial charge on any atom is -0.361 e. The number of para-hydroxylation sites is 3. The van der Waals surface area contributed by atoms with E-state index in [2.05, 4.69) is 87.6 Å². The van der Waals surface area contributed by atoms with Crippen molar-refractivity contribution < 1.29 is 0 Å². The molecule has 0 aliphatic carbocycles. The quantitative estimate of drug-likeness (QED) is 0.312. The van der Waals surface area contributed by atoms with Gasteiger partial charge < -0.3 is 20.0 Å². The highest BCUT2D eigenvalue weighted by molar-refractivity contribution is 8.56. The van der Waals surface area contributed by atoms with Crippen molar-refractivity contribution in [1.29, 1.82) is 0 Å². The molecule has 0 spiro atoms. The third-order valence-electron chi connectivity index (χ3n) is 4.90. The van der Waals surface area contributed by atoms with Crippen LogP contribution in [-0.4, -0.2) is 30.0 Å². The summed E-state index contributed by atoms with van der Waals surface area (Å²) in [4.78, 5) is 0. The minimum absolute atomic E-state index is 0.400. The van der Waals surface area contributed by atoms with Gasteiger partial charge in [0.1, 0.15) is 0 Å². The molecule has 0 aromatic heterocycles. The van der Waals surface area contributed by atoms with E-state index in [0.717, 1.165) is 25.3 Å². The lowest BCUT2D eigenvalue weighted by Gasteiger charge is -2.33. The largest absolute Gasteiger partial charge is 0.361 e. The Morgan fingerprint density at radius 2 is 1.35 bits per heavy atom. The van der Waals surface area contributed by atoms with E-state index in [4.69, 9.17) is 12.2 Å². The maximum atomic E-state index is 5.49. The predicted octanol–water partition coefficient (Wildman–Crippen LogP) is 6.35. The third-order valence-corrected chi connectivity index (χ3v) is 10.4. The average molecular weight is 467 g/mol. The summed E-state index contributed by atoms with van der Waals surface area (Å²) in [6.45, 7) is 5.15. The maximum Gasteiger partial charge on any atom is 0.170 e. The van der Waals surface area contributed by atoms with E-state index in [1.807, 2.05) is 41.7 Å². The molecule has 0 unspecified atom stereocenters. The van der Waals surface area contributed by atoms with Crippen LogP contribution in [0.5, 0.6) is 0 Å². The molecule has 1 atom stereocenters. The first kappa shape index (κ1) is 21.9. The third kappa shape index (κ3) is 5.91. The molecule has 0 bridgehead atoms. The Morgan fingerprint density at radius 1 is 0.871 bits per heavy atom. The van der Waals surface area contributed by atoms with E-state index in [1.165, 1.54) is 11.4 Å². The van der Waals surface area contributed by atoms with E-state index >= 15 is 0 Å². The molecule has 1 saturated heterocycles. The van der Waals surface area contributed by atoms with Crippen LogP contribution in [0.25, 0.3) is 0 Å². The predicted molar refractivity (Wildman–Crippen MR) is 142 cm³/mol. The second-order valence-electron chi connectivity index (χ2n) is 7.29. The van der Waals surface area contributed by atoms with Gasteiger partial charge in [-0.3, -0.25) is 0 Å². The first-order valence-corrected chi connectivity index (χ1v) is 13.6. The van der Waals surface area contributed by atoms with Gasteiger partial charge in [-0.25, -0.2) is 0 Å². The lowest BCUT2D eigenvalue weighted by Crippen LogP contribution is -2.33. The van der Waals surface area contributed by atoms with Gasteiger partial charge in [-0.15, -0.1) is 0 Å². The van der Waals surface area contributed by atoms with Crippen molar-refractivity contribution in [3.05, 3.63) is 91.0 Å². The smallest absolute Gasteiger partial charge is 0.170 e. The van der Waals surface area contributed by atoms with Crippen molar-refractivity contribution >= 4 is 53.2 Å². The van der Waals surface area contributed by atoms with Crippen molar-refractivity contribution in [2.45, 2.75) is 12.2 Å². The summed E-state index contributed by atoms with van der Waals surface area (Å²) >= 11 is 7.52. The van der Waals surface area contributed by atoms with Crippen molar-refractivity contribution in [2.75, 3.05) is 34.3 Å². The van der Waals surface area contributed by atoms with Crippen LogP contribution in [0.4, 0.5) is 17.1 Å². The molecule has 1 aliphatic rings. The molecular weight excluding hydrogens is 439 g/mol.